The first-order valence-corrected chi connectivity index (χ1v) is 8.86. The highest BCUT2D eigenvalue weighted by molar-refractivity contribution is 5.90. The number of carbonyl (C=O) groups excluding carboxylic acids is 2. The number of nitrogens with one attached hydrogen (secondary N) is 2. The third kappa shape index (κ3) is 6.11. The van der Waals surface area contributed by atoms with Gasteiger partial charge >= 0.3 is 0 Å². The molecule has 138 valence electrons. The van der Waals surface area contributed by atoms with Gasteiger partial charge in [0.15, 0.2) is 0 Å². The second-order valence-electron chi connectivity index (χ2n) is 6.21. The topological polar surface area (TPSA) is 76.0 Å². The highest BCUT2D eigenvalue weighted by Gasteiger charge is 2.06. The Morgan fingerprint density at radius 3 is 2.52 bits per heavy atom. The van der Waals surface area contributed by atoms with Crippen molar-refractivity contribution < 1.29 is 9.59 Å². The number of rotatable bonds is 8. The Bertz CT molecular complexity index is 876. The molecule has 3 aromatic rings. The van der Waals surface area contributed by atoms with E-state index in [1.165, 1.54) is 0 Å². The molecule has 6 nitrogen and oxygen atoms in total. The van der Waals surface area contributed by atoms with Crippen LogP contribution >= 0.6 is 0 Å². The maximum Gasteiger partial charge on any atom is 0.246 e. The monoisotopic (exact) mass is 362 g/mol. The molecule has 2 amide bonds. The van der Waals surface area contributed by atoms with Crippen molar-refractivity contribution in [3.8, 4) is 0 Å². The Kier molecular flexibility index (Phi) is 6.35. The molecule has 0 fully saturated rings. The Balaban J connectivity index is 1.45. The summed E-state index contributed by atoms with van der Waals surface area (Å²) in [5.74, 6) is -0.144. The van der Waals surface area contributed by atoms with E-state index in [0.29, 0.717) is 18.7 Å². The molecule has 6 heteroatoms. The van der Waals surface area contributed by atoms with Gasteiger partial charge in [-0.3, -0.25) is 14.3 Å². The van der Waals surface area contributed by atoms with Gasteiger partial charge in [-0.25, -0.2) is 0 Å². The van der Waals surface area contributed by atoms with Crippen LogP contribution in [0.2, 0.25) is 0 Å². The molecule has 0 saturated carbocycles. The Labute approximate surface area is 158 Å². The predicted octanol–water partition coefficient (Wildman–Crippen LogP) is 2.77. The lowest BCUT2D eigenvalue weighted by Gasteiger charge is -2.09. The SMILES string of the molecule is O=C(CCc1ccccc1)NCc1cccc(NC(=O)Cn2cccn2)c1. The van der Waals surface area contributed by atoms with Crippen molar-refractivity contribution in [1.29, 1.82) is 0 Å². The van der Waals surface area contributed by atoms with Crippen LogP contribution in [0.15, 0.2) is 73.1 Å². The number of anilines is 1. The van der Waals surface area contributed by atoms with Crippen LogP contribution in [0.25, 0.3) is 0 Å². The molecule has 3 rings (SSSR count). The molecule has 0 spiro atoms. The lowest BCUT2D eigenvalue weighted by atomic mass is 10.1. The highest BCUT2D eigenvalue weighted by atomic mass is 16.2. The number of carbonyl (C=O) groups is 2. The smallest absolute Gasteiger partial charge is 0.246 e. The second kappa shape index (κ2) is 9.33. The van der Waals surface area contributed by atoms with Gasteiger partial charge in [-0.15, -0.1) is 0 Å². The largest absolute Gasteiger partial charge is 0.352 e. The summed E-state index contributed by atoms with van der Waals surface area (Å²) in [6.07, 6.45) is 4.54. The van der Waals surface area contributed by atoms with Gasteiger partial charge in [0.05, 0.1) is 0 Å². The van der Waals surface area contributed by atoms with Gasteiger partial charge in [-0.2, -0.15) is 5.10 Å². The molecule has 2 aromatic carbocycles. The molecule has 0 saturated heterocycles. The van der Waals surface area contributed by atoms with E-state index in [2.05, 4.69) is 15.7 Å². The lowest BCUT2D eigenvalue weighted by molar-refractivity contribution is -0.121. The van der Waals surface area contributed by atoms with Gasteiger partial charge in [-0.1, -0.05) is 42.5 Å². The zero-order chi connectivity index (χ0) is 18.9. The van der Waals surface area contributed by atoms with Gasteiger partial charge in [0.2, 0.25) is 11.8 Å². The molecule has 0 unspecified atom stereocenters. The molecule has 1 heterocycles. The summed E-state index contributed by atoms with van der Waals surface area (Å²) in [6, 6.07) is 19.2. The molecule has 0 aliphatic heterocycles. The number of hydrogen-bond donors (Lipinski definition) is 2. The van der Waals surface area contributed by atoms with Crippen molar-refractivity contribution in [3.05, 3.63) is 84.2 Å². The molecule has 2 N–H and O–H groups in total. The van der Waals surface area contributed by atoms with Crippen molar-refractivity contribution in [1.82, 2.24) is 15.1 Å². The molecular formula is C21H22N4O2. The van der Waals surface area contributed by atoms with Crippen LogP contribution in [0.3, 0.4) is 0 Å². The Hall–Kier alpha value is -3.41. The Morgan fingerprint density at radius 1 is 0.926 bits per heavy atom. The van der Waals surface area contributed by atoms with E-state index in [4.69, 9.17) is 0 Å². The predicted molar refractivity (Wildman–Crippen MR) is 104 cm³/mol. The Morgan fingerprint density at radius 2 is 1.74 bits per heavy atom. The maximum atomic E-state index is 12.0. The summed E-state index contributed by atoms with van der Waals surface area (Å²) in [4.78, 5) is 24.1. The molecule has 0 aliphatic rings. The highest BCUT2D eigenvalue weighted by Crippen LogP contribution is 2.11. The number of nitrogens with zero attached hydrogens (tertiary/aromatic N) is 2. The quantitative estimate of drug-likeness (QED) is 0.647. The lowest BCUT2D eigenvalue weighted by Crippen LogP contribution is -2.23. The van der Waals surface area contributed by atoms with Crippen LogP contribution in [0.4, 0.5) is 5.69 Å². The maximum absolute atomic E-state index is 12.0. The zero-order valence-electron chi connectivity index (χ0n) is 15.0. The average Bonchev–Trinajstić information content (AvgIpc) is 3.18. The molecule has 0 aliphatic carbocycles. The first kappa shape index (κ1) is 18.4. The van der Waals surface area contributed by atoms with E-state index >= 15 is 0 Å². The summed E-state index contributed by atoms with van der Waals surface area (Å²) in [6.45, 7) is 0.587. The fourth-order valence-corrected chi connectivity index (χ4v) is 2.69. The first-order valence-electron chi connectivity index (χ1n) is 8.86. The summed E-state index contributed by atoms with van der Waals surface area (Å²) < 4.78 is 1.56. The minimum atomic E-state index is -0.150. The molecule has 27 heavy (non-hydrogen) atoms. The van der Waals surface area contributed by atoms with Crippen molar-refractivity contribution in [2.24, 2.45) is 0 Å². The van der Waals surface area contributed by atoms with Crippen molar-refractivity contribution in [2.75, 3.05) is 5.32 Å². The van der Waals surface area contributed by atoms with Crippen LogP contribution in [-0.4, -0.2) is 21.6 Å². The number of amides is 2. The minimum absolute atomic E-state index is 0.00646. The van der Waals surface area contributed by atoms with Gasteiger partial charge in [-0.05, 0) is 35.7 Å². The van der Waals surface area contributed by atoms with Crippen molar-refractivity contribution >= 4 is 17.5 Å². The summed E-state index contributed by atoms with van der Waals surface area (Å²) >= 11 is 0. The van der Waals surface area contributed by atoms with Crippen molar-refractivity contribution in [2.45, 2.75) is 25.9 Å². The summed E-state index contributed by atoms with van der Waals surface area (Å²) in [5, 5.41) is 9.77. The van der Waals surface area contributed by atoms with Crippen LogP contribution < -0.4 is 10.6 Å². The number of aromatic nitrogens is 2. The summed E-state index contributed by atoms with van der Waals surface area (Å²) in [7, 11) is 0. The number of hydrogen-bond acceptors (Lipinski definition) is 3. The van der Waals surface area contributed by atoms with Gasteiger partial charge in [0.1, 0.15) is 6.54 Å². The van der Waals surface area contributed by atoms with E-state index in [1.54, 1.807) is 23.1 Å². The number of benzene rings is 2. The molecule has 0 radical (unpaired) electrons. The normalized spacial score (nSPS) is 10.4. The molecule has 0 bridgehead atoms. The molecule has 0 atom stereocenters. The standard InChI is InChI=1S/C21H22N4O2/c26-20(11-10-17-6-2-1-3-7-17)22-15-18-8-4-9-19(14-18)24-21(27)16-25-13-5-12-23-25/h1-9,12-14H,10-11,15-16H2,(H,22,26)(H,24,27). The number of aryl methyl sites for hydroxylation is 1. The van der Waals surface area contributed by atoms with Crippen LogP contribution in [0, 0.1) is 0 Å². The van der Waals surface area contributed by atoms with E-state index in [1.807, 2.05) is 54.6 Å². The van der Waals surface area contributed by atoms with E-state index in [-0.39, 0.29) is 18.4 Å². The zero-order valence-corrected chi connectivity index (χ0v) is 15.0. The molecule has 1 aromatic heterocycles. The van der Waals surface area contributed by atoms with Crippen LogP contribution in [-0.2, 0) is 29.1 Å². The van der Waals surface area contributed by atoms with E-state index in [0.717, 1.165) is 17.5 Å². The van der Waals surface area contributed by atoms with E-state index in [9.17, 15) is 9.59 Å². The van der Waals surface area contributed by atoms with Crippen LogP contribution in [0.5, 0.6) is 0 Å². The fraction of sp³-hybridized carbons (Fsp3) is 0.190. The third-order valence-electron chi connectivity index (χ3n) is 4.05. The third-order valence-corrected chi connectivity index (χ3v) is 4.05. The molecular weight excluding hydrogens is 340 g/mol. The van der Waals surface area contributed by atoms with Crippen LogP contribution in [0.1, 0.15) is 17.5 Å². The average molecular weight is 362 g/mol. The van der Waals surface area contributed by atoms with Gasteiger partial charge in [0, 0.05) is 31.0 Å². The fourth-order valence-electron chi connectivity index (χ4n) is 2.69. The minimum Gasteiger partial charge on any atom is -0.352 e. The summed E-state index contributed by atoms with van der Waals surface area (Å²) in [5.41, 5.74) is 2.78. The van der Waals surface area contributed by atoms with E-state index < -0.39 is 0 Å². The first-order chi connectivity index (χ1) is 13.2. The second-order valence-corrected chi connectivity index (χ2v) is 6.21. The van der Waals surface area contributed by atoms with Gasteiger partial charge in [0.25, 0.3) is 0 Å². The van der Waals surface area contributed by atoms with Gasteiger partial charge < -0.3 is 10.6 Å². The van der Waals surface area contributed by atoms with Crippen molar-refractivity contribution in [3.63, 3.8) is 0 Å².